The minimum atomic E-state index is -0.448. The lowest BCUT2D eigenvalue weighted by Gasteiger charge is -2.24. The zero-order chi connectivity index (χ0) is 22.8. The lowest BCUT2D eigenvalue weighted by Crippen LogP contribution is -2.32. The van der Waals surface area contributed by atoms with Crippen molar-refractivity contribution in [2.75, 3.05) is 11.9 Å². The number of pyridine rings is 1. The van der Waals surface area contributed by atoms with Crippen molar-refractivity contribution in [1.82, 2.24) is 24.4 Å². The zero-order valence-corrected chi connectivity index (χ0v) is 18.3. The summed E-state index contributed by atoms with van der Waals surface area (Å²) >= 11 is 0. The van der Waals surface area contributed by atoms with E-state index in [1.165, 1.54) is 4.57 Å². The van der Waals surface area contributed by atoms with E-state index in [2.05, 4.69) is 15.3 Å². The number of benzene rings is 1. The number of fused-ring (bicyclic) bond motifs is 1. The third-order valence-electron chi connectivity index (χ3n) is 5.95. The molecule has 168 valence electrons. The third-order valence-corrected chi connectivity index (χ3v) is 5.95. The first-order valence-corrected chi connectivity index (χ1v) is 11.0. The highest BCUT2D eigenvalue weighted by molar-refractivity contribution is 5.77. The summed E-state index contributed by atoms with van der Waals surface area (Å²) in [6.45, 7) is 2.89. The van der Waals surface area contributed by atoms with E-state index in [4.69, 9.17) is 9.40 Å². The van der Waals surface area contributed by atoms with Gasteiger partial charge in [0, 0.05) is 25.7 Å². The van der Waals surface area contributed by atoms with E-state index in [1.54, 1.807) is 24.7 Å². The molecule has 1 amide bonds. The Morgan fingerprint density at radius 3 is 2.97 bits per heavy atom. The molecule has 4 heterocycles. The maximum Gasteiger partial charge on any atom is 0.419 e. The summed E-state index contributed by atoms with van der Waals surface area (Å²) in [7, 11) is 0. The number of aryl methyl sites for hydroxylation is 2. The Bertz CT molecular complexity index is 1360. The van der Waals surface area contributed by atoms with Crippen molar-refractivity contribution < 1.29 is 9.21 Å². The monoisotopic (exact) mass is 444 g/mol. The van der Waals surface area contributed by atoms with Gasteiger partial charge in [0.25, 0.3) is 0 Å². The summed E-state index contributed by atoms with van der Waals surface area (Å²) in [6, 6.07) is 10.9. The van der Waals surface area contributed by atoms with E-state index < -0.39 is 5.76 Å². The molecule has 1 saturated heterocycles. The van der Waals surface area contributed by atoms with E-state index in [0.717, 1.165) is 29.9 Å². The Balaban J connectivity index is 1.31. The highest BCUT2D eigenvalue weighted by Gasteiger charge is 2.31. The number of carbonyl (C=O) groups excluding carboxylic acids is 1. The first-order valence-electron chi connectivity index (χ1n) is 11.0. The van der Waals surface area contributed by atoms with Crippen LogP contribution in [0.4, 0.5) is 11.6 Å². The minimum absolute atomic E-state index is 0.0181. The predicted molar refractivity (Wildman–Crippen MR) is 123 cm³/mol. The number of anilines is 2. The van der Waals surface area contributed by atoms with E-state index in [0.29, 0.717) is 23.5 Å². The van der Waals surface area contributed by atoms with Gasteiger partial charge < -0.3 is 14.6 Å². The molecule has 0 spiro atoms. The van der Waals surface area contributed by atoms with Crippen molar-refractivity contribution in [2.45, 2.75) is 38.8 Å². The van der Waals surface area contributed by atoms with Gasteiger partial charge in [0.2, 0.25) is 5.91 Å². The van der Waals surface area contributed by atoms with Crippen LogP contribution in [0.25, 0.3) is 11.1 Å². The van der Waals surface area contributed by atoms with Crippen molar-refractivity contribution >= 4 is 28.6 Å². The Morgan fingerprint density at radius 1 is 1.21 bits per heavy atom. The van der Waals surface area contributed by atoms with Gasteiger partial charge in [-0.15, -0.1) is 0 Å². The number of aromatic nitrogens is 4. The van der Waals surface area contributed by atoms with Gasteiger partial charge in [0.1, 0.15) is 11.6 Å². The first kappa shape index (κ1) is 20.9. The third kappa shape index (κ3) is 4.21. The Morgan fingerprint density at radius 2 is 2.09 bits per heavy atom. The van der Waals surface area contributed by atoms with Gasteiger partial charge in [-0.05, 0) is 43.5 Å². The average Bonchev–Trinajstić information content (AvgIpc) is 3.44. The van der Waals surface area contributed by atoms with Crippen molar-refractivity contribution in [3.8, 4) is 0 Å². The first-order chi connectivity index (χ1) is 16.1. The lowest BCUT2D eigenvalue weighted by atomic mass is 10.1. The van der Waals surface area contributed by atoms with Crippen LogP contribution in [0.15, 0.2) is 64.2 Å². The molecule has 0 aliphatic carbocycles. The summed E-state index contributed by atoms with van der Waals surface area (Å²) in [5.41, 5.74) is 2.97. The molecule has 9 nitrogen and oxygen atoms in total. The molecule has 3 aromatic heterocycles. The number of amides is 1. The van der Waals surface area contributed by atoms with Crippen LogP contribution in [0.3, 0.4) is 0 Å². The summed E-state index contributed by atoms with van der Waals surface area (Å²) in [5.74, 6) is 0.845. The van der Waals surface area contributed by atoms with E-state index in [9.17, 15) is 9.59 Å². The van der Waals surface area contributed by atoms with Crippen LogP contribution < -0.4 is 11.1 Å². The Labute approximate surface area is 190 Å². The van der Waals surface area contributed by atoms with Gasteiger partial charge in [-0.1, -0.05) is 18.2 Å². The summed E-state index contributed by atoms with van der Waals surface area (Å²) in [5, 5.41) is 3.21. The molecule has 1 fully saturated rings. The number of nitrogens with one attached hydrogen (secondary N) is 1. The minimum Gasteiger partial charge on any atom is -0.408 e. The zero-order valence-electron chi connectivity index (χ0n) is 18.3. The lowest BCUT2D eigenvalue weighted by molar-refractivity contribution is -0.132. The second-order valence-electron chi connectivity index (χ2n) is 8.11. The van der Waals surface area contributed by atoms with Gasteiger partial charge in [-0.3, -0.25) is 14.3 Å². The number of nitrogens with zero attached hydrogens (tertiary/aromatic N) is 5. The number of rotatable bonds is 6. The number of para-hydroxylation sites is 2. The molecule has 9 heteroatoms. The number of hydrogen-bond donors (Lipinski definition) is 1. The number of oxazole rings is 1. The van der Waals surface area contributed by atoms with Crippen LogP contribution >= 0.6 is 0 Å². The Kier molecular flexibility index (Phi) is 5.60. The van der Waals surface area contributed by atoms with E-state index in [-0.39, 0.29) is 24.9 Å². The smallest absolute Gasteiger partial charge is 0.408 e. The van der Waals surface area contributed by atoms with Crippen LogP contribution in [0.2, 0.25) is 0 Å². The molecule has 1 atom stereocenters. The average molecular weight is 444 g/mol. The Hall–Kier alpha value is -4.01. The highest BCUT2D eigenvalue weighted by atomic mass is 16.4. The van der Waals surface area contributed by atoms with Crippen molar-refractivity contribution in [3.63, 3.8) is 0 Å². The molecule has 1 aliphatic heterocycles. The largest absolute Gasteiger partial charge is 0.419 e. The molecule has 0 radical (unpaired) electrons. The number of likely N-dealkylation sites (tertiary alicyclic amines) is 1. The molecule has 1 aliphatic rings. The molecule has 0 saturated carbocycles. The molecule has 1 aromatic carbocycles. The fourth-order valence-electron chi connectivity index (χ4n) is 4.29. The standard InChI is InChI=1S/C24H24N6O3/c1-16-6-4-11-26-23(16)28-21-15-25-14-17(27-21)18-8-5-12-29(18)22(31)10-13-30-19-7-2-3-9-20(19)33-24(30)32/h2-4,6-7,9,11,14-15,18H,5,8,10,12-13H2,1H3,(H,26,27,28)/t18-/m1/s1. The van der Waals surface area contributed by atoms with Crippen molar-refractivity contribution in [1.29, 1.82) is 0 Å². The van der Waals surface area contributed by atoms with Gasteiger partial charge in [-0.2, -0.15) is 0 Å². The molecule has 4 aromatic rings. The summed E-state index contributed by atoms with van der Waals surface area (Å²) in [6.07, 6.45) is 7.00. The molecule has 0 bridgehead atoms. The van der Waals surface area contributed by atoms with Gasteiger partial charge in [0.05, 0.1) is 29.6 Å². The van der Waals surface area contributed by atoms with E-state index in [1.807, 2.05) is 42.2 Å². The number of hydrogen-bond acceptors (Lipinski definition) is 7. The quantitative estimate of drug-likeness (QED) is 0.484. The summed E-state index contributed by atoms with van der Waals surface area (Å²) < 4.78 is 6.78. The van der Waals surface area contributed by atoms with Gasteiger partial charge in [-0.25, -0.2) is 14.8 Å². The predicted octanol–water partition coefficient (Wildman–Crippen LogP) is 3.59. The molecule has 5 rings (SSSR count). The van der Waals surface area contributed by atoms with Crippen molar-refractivity contribution in [3.05, 3.63) is 76.8 Å². The number of carbonyl (C=O) groups is 1. The van der Waals surface area contributed by atoms with Crippen LogP contribution in [-0.2, 0) is 11.3 Å². The van der Waals surface area contributed by atoms with E-state index >= 15 is 0 Å². The van der Waals surface area contributed by atoms with Crippen molar-refractivity contribution in [2.24, 2.45) is 0 Å². The topological polar surface area (TPSA) is 106 Å². The van der Waals surface area contributed by atoms with Crippen LogP contribution in [-0.4, -0.2) is 36.9 Å². The maximum atomic E-state index is 13.1. The normalized spacial score (nSPS) is 15.8. The second-order valence-corrected chi connectivity index (χ2v) is 8.11. The fraction of sp³-hybridized carbons (Fsp3) is 0.292. The maximum absolute atomic E-state index is 13.1. The van der Waals surface area contributed by atoms with Crippen LogP contribution in [0.5, 0.6) is 0 Å². The fourth-order valence-corrected chi connectivity index (χ4v) is 4.29. The highest BCUT2D eigenvalue weighted by Crippen LogP contribution is 2.32. The second kappa shape index (κ2) is 8.85. The molecular weight excluding hydrogens is 420 g/mol. The molecule has 33 heavy (non-hydrogen) atoms. The van der Waals surface area contributed by atoms with Crippen LogP contribution in [0, 0.1) is 6.92 Å². The van der Waals surface area contributed by atoms with Gasteiger partial charge >= 0.3 is 5.76 Å². The molecule has 0 unspecified atom stereocenters. The van der Waals surface area contributed by atoms with Gasteiger partial charge in [0.15, 0.2) is 5.58 Å². The SMILES string of the molecule is Cc1cccnc1Nc1cncc([C@H]2CCCN2C(=O)CCn2c(=O)oc3ccccc32)n1. The summed E-state index contributed by atoms with van der Waals surface area (Å²) in [4.78, 5) is 40.5. The molecule has 1 N–H and O–H groups in total. The van der Waals surface area contributed by atoms with Crippen LogP contribution in [0.1, 0.15) is 36.6 Å². The molecular formula is C24H24N6O3.